The number of halogens is 3. The highest BCUT2D eigenvalue weighted by atomic mass is 127. The quantitative estimate of drug-likeness (QED) is 0.252. The Kier molecular flexibility index (Phi) is 13.9. The van der Waals surface area contributed by atoms with Gasteiger partial charge in [-0.25, -0.2) is 25.6 Å². The predicted molar refractivity (Wildman–Crippen MR) is 230 cm³/mol. The number of hydrogen-bond donors (Lipinski definition) is 0. The monoisotopic (exact) mass is 964 g/mol. The predicted octanol–water partition coefficient (Wildman–Crippen LogP) is 5.99. The van der Waals surface area contributed by atoms with E-state index in [1.54, 1.807) is 36.4 Å². The lowest BCUT2D eigenvalue weighted by Crippen LogP contribution is -2.41. The molecule has 58 heavy (non-hydrogen) atoms. The van der Waals surface area contributed by atoms with Gasteiger partial charge in [-0.3, -0.25) is 0 Å². The maximum absolute atomic E-state index is 13.3. The van der Waals surface area contributed by atoms with Crippen molar-refractivity contribution in [2.45, 2.75) is 152 Å². The molecule has 5 heterocycles. The van der Waals surface area contributed by atoms with Gasteiger partial charge in [0.25, 0.3) is 0 Å². The van der Waals surface area contributed by atoms with Gasteiger partial charge in [-0.05, 0) is 160 Å². The number of rotatable bonds is 6. The third-order valence-electron chi connectivity index (χ3n) is 12.4. The summed E-state index contributed by atoms with van der Waals surface area (Å²) in [5.74, 6) is 0. The third kappa shape index (κ3) is 10.0. The molecule has 0 unspecified atom stereocenters. The number of benzene rings is 2. The lowest BCUT2D eigenvalue weighted by Gasteiger charge is -2.32. The van der Waals surface area contributed by atoms with E-state index in [0.29, 0.717) is 6.42 Å². The summed E-state index contributed by atoms with van der Waals surface area (Å²) in [5.41, 5.74) is -1.58. The summed E-state index contributed by atoms with van der Waals surface area (Å²) in [6.07, 6.45) is -1.56. The molecule has 2 atom stereocenters. The summed E-state index contributed by atoms with van der Waals surface area (Å²) in [6.45, 7) is 24.5. The average molecular weight is 964 g/mol. The van der Waals surface area contributed by atoms with Crippen molar-refractivity contribution in [3.05, 3.63) is 52.1 Å². The van der Waals surface area contributed by atoms with Gasteiger partial charge in [0.2, 0.25) is 20.0 Å². The molecule has 7 rings (SSSR count). The Morgan fingerprint density at radius 3 is 1.12 bits per heavy atom. The van der Waals surface area contributed by atoms with Crippen LogP contribution < -0.4 is 5.46 Å². The standard InChI is InChI=1S/C16H23BFNO4S.C12H24B2O4.C10H11FINO2S/c1-15(2)16(3,4)23-17(22-15)12-5-7-14(8-6-12)24(20,21)19-10-9-13(18)11-19;1-9(2)10(3,4)16-13(15-9)14-17-11(5,6)12(7,8)18-14;11-8-5-6-13(7-8)16(14,15)10-3-1-9(12)2-4-10/h5-8,13H,9-11H2,1-4H3;1-8H3;1-4,8H,5-7H2/t13-;;8-/m0.0/s1. The van der Waals surface area contributed by atoms with E-state index in [4.69, 9.17) is 27.9 Å². The zero-order valence-corrected chi connectivity index (χ0v) is 39.5. The zero-order valence-electron chi connectivity index (χ0n) is 35.7. The van der Waals surface area contributed by atoms with Gasteiger partial charge in [0.05, 0.1) is 43.4 Å². The molecular weight excluding hydrogens is 906 g/mol. The smallest absolute Gasteiger partial charge is 0.405 e. The van der Waals surface area contributed by atoms with Crippen molar-refractivity contribution in [2.75, 3.05) is 26.2 Å². The van der Waals surface area contributed by atoms with E-state index in [9.17, 15) is 25.6 Å². The van der Waals surface area contributed by atoms with Crippen molar-refractivity contribution in [1.82, 2.24) is 8.61 Å². The topological polar surface area (TPSA) is 130 Å². The molecule has 0 radical (unpaired) electrons. The Morgan fingerprint density at radius 1 is 0.534 bits per heavy atom. The summed E-state index contributed by atoms with van der Waals surface area (Å²) in [6, 6.07) is 13.0. The minimum atomic E-state index is -3.65. The molecule has 0 saturated carbocycles. The van der Waals surface area contributed by atoms with Crippen LogP contribution in [0.5, 0.6) is 0 Å². The Labute approximate surface area is 359 Å². The van der Waals surface area contributed by atoms with Gasteiger partial charge in [-0.1, -0.05) is 12.1 Å². The summed E-state index contributed by atoms with van der Waals surface area (Å²) < 4.78 is 115. The molecule has 0 bridgehead atoms. The number of sulfonamides is 2. The van der Waals surface area contributed by atoms with Crippen LogP contribution in [0.25, 0.3) is 0 Å². The number of nitrogens with zero attached hydrogens (tertiary/aromatic N) is 2. The lowest BCUT2D eigenvalue weighted by molar-refractivity contribution is 0.00578. The summed E-state index contributed by atoms with van der Waals surface area (Å²) in [7, 11) is -8.63. The molecule has 0 N–H and O–H groups in total. The largest absolute Gasteiger partial charge is 0.494 e. The van der Waals surface area contributed by atoms with Crippen LogP contribution in [-0.4, -0.2) is 119 Å². The summed E-state index contributed by atoms with van der Waals surface area (Å²) in [4.78, 5) is 0.402. The fourth-order valence-electron chi connectivity index (χ4n) is 6.49. The molecule has 0 aliphatic carbocycles. The van der Waals surface area contributed by atoms with Gasteiger partial charge < -0.3 is 27.9 Å². The normalized spacial score (nSPS) is 27.3. The van der Waals surface area contributed by atoms with Gasteiger partial charge in [0.1, 0.15) is 12.3 Å². The molecule has 5 fully saturated rings. The van der Waals surface area contributed by atoms with E-state index in [1.807, 2.05) is 83.1 Å². The molecule has 2 aromatic rings. The van der Waals surface area contributed by atoms with Crippen LogP contribution in [0.4, 0.5) is 8.78 Å². The van der Waals surface area contributed by atoms with E-state index < -0.39 is 64.7 Å². The first-order valence-electron chi connectivity index (χ1n) is 19.6. The molecule has 0 aromatic heterocycles. The second-order valence-electron chi connectivity index (χ2n) is 18.4. The Bertz CT molecular complexity index is 1910. The Morgan fingerprint density at radius 2 is 0.828 bits per heavy atom. The fraction of sp³-hybridized carbons (Fsp3) is 0.684. The van der Waals surface area contributed by atoms with Crippen molar-refractivity contribution < 1.29 is 53.5 Å². The highest BCUT2D eigenvalue weighted by Crippen LogP contribution is 2.43. The molecular formula is C38H58B3F2IN2O10S2. The first kappa shape index (κ1) is 47.8. The number of alkyl halides is 2. The van der Waals surface area contributed by atoms with Crippen molar-refractivity contribution in [3.8, 4) is 0 Å². The van der Waals surface area contributed by atoms with E-state index in [0.717, 1.165) is 9.03 Å². The Hall–Kier alpha value is -1.20. The second-order valence-corrected chi connectivity index (χ2v) is 23.5. The molecule has 2 aromatic carbocycles. The van der Waals surface area contributed by atoms with Crippen LogP contribution in [-0.2, 0) is 48.0 Å². The van der Waals surface area contributed by atoms with Crippen molar-refractivity contribution >= 4 is 69.2 Å². The van der Waals surface area contributed by atoms with Gasteiger partial charge in [0.15, 0.2) is 0 Å². The van der Waals surface area contributed by atoms with Crippen molar-refractivity contribution in [3.63, 3.8) is 0 Å². The van der Waals surface area contributed by atoms with E-state index in [-0.39, 0.29) is 64.8 Å². The minimum absolute atomic E-state index is 0.0195. The van der Waals surface area contributed by atoms with Crippen molar-refractivity contribution in [1.29, 1.82) is 0 Å². The van der Waals surface area contributed by atoms with Gasteiger partial charge in [0, 0.05) is 29.7 Å². The zero-order chi connectivity index (χ0) is 43.5. The van der Waals surface area contributed by atoms with Crippen LogP contribution in [0.3, 0.4) is 0 Å². The summed E-state index contributed by atoms with van der Waals surface area (Å²) in [5, 5.41) is 0. The molecule has 5 aliphatic rings. The summed E-state index contributed by atoms with van der Waals surface area (Å²) >= 11 is 2.11. The fourth-order valence-corrected chi connectivity index (χ4v) is 9.82. The van der Waals surface area contributed by atoms with E-state index in [2.05, 4.69) is 22.6 Å². The highest BCUT2D eigenvalue weighted by molar-refractivity contribution is 14.1. The van der Waals surface area contributed by atoms with Crippen LogP contribution >= 0.6 is 22.6 Å². The molecule has 0 amide bonds. The van der Waals surface area contributed by atoms with Gasteiger partial charge in [-0.2, -0.15) is 8.61 Å². The van der Waals surface area contributed by atoms with Gasteiger partial charge in [-0.15, -0.1) is 0 Å². The maximum Gasteiger partial charge on any atom is 0.494 e. The third-order valence-corrected chi connectivity index (χ3v) is 16.9. The molecule has 5 saturated heterocycles. The number of hydrogen-bond acceptors (Lipinski definition) is 10. The van der Waals surface area contributed by atoms with Crippen LogP contribution in [0.2, 0.25) is 0 Å². The molecule has 322 valence electrons. The van der Waals surface area contributed by atoms with E-state index in [1.165, 1.54) is 20.7 Å². The van der Waals surface area contributed by atoms with Crippen molar-refractivity contribution in [2.24, 2.45) is 0 Å². The van der Waals surface area contributed by atoms with E-state index >= 15 is 0 Å². The average Bonchev–Trinajstić information content (AvgIpc) is 3.88. The second kappa shape index (κ2) is 16.8. The van der Waals surface area contributed by atoms with Crippen LogP contribution in [0.15, 0.2) is 58.3 Å². The molecule has 5 aliphatic heterocycles. The maximum atomic E-state index is 13.3. The van der Waals surface area contributed by atoms with Crippen LogP contribution in [0, 0.1) is 3.57 Å². The highest BCUT2D eigenvalue weighted by Gasteiger charge is 2.63. The van der Waals surface area contributed by atoms with Crippen LogP contribution in [0.1, 0.15) is 95.9 Å². The van der Waals surface area contributed by atoms with Gasteiger partial charge >= 0.3 is 21.1 Å². The molecule has 0 spiro atoms. The first-order valence-corrected chi connectivity index (χ1v) is 23.6. The lowest BCUT2D eigenvalue weighted by atomic mass is 9.49. The molecule has 12 nitrogen and oxygen atoms in total. The SMILES string of the molecule is CC1(C)OB(B2OC(C)(C)C(C)(C)O2)OC1(C)C.CC1(C)OB(c2ccc(S(=O)(=O)N3CC[C@H](F)C3)cc2)OC1(C)C.O=S(=O)(c1ccc(I)cc1)N1CC[C@H](F)C1. The Balaban J connectivity index is 0.000000170. The minimum Gasteiger partial charge on any atom is -0.405 e. The molecule has 20 heteroatoms. The first-order chi connectivity index (χ1) is 26.4.